The van der Waals surface area contributed by atoms with Crippen LogP contribution in [0.5, 0.6) is 11.5 Å². The molecule has 0 aliphatic heterocycles. The number of aldehydes is 1. The Hall–Kier alpha value is -2.27. The number of halogens is 1. The molecule has 118 valence electrons. The molecule has 0 saturated heterocycles. The van der Waals surface area contributed by atoms with Gasteiger partial charge in [-0.15, -0.1) is 0 Å². The van der Waals surface area contributed by atoms with Crippen LogP contribution in [0.1, 0.15) is 10.4 Å². The van der Waals surface area contributed by atoms with Gasteiger partial charge in [0.1, 0.15) is 18.1 Å². The summed E-state index contributed by atoms with van der Waals surface area (Å²) in [7, 11) is 1.63. The molecule has 3 rings (SSSR count). The van der Waals surface area contributed by atoms with E-state index < -0.39 is 0 Å². The molecule has 0 bridgehead atoms. The minimum Gasteiger partial charge on any atom is -0.497 e. The van der Waals surface area contributed by atoms with Gasteiger partial charge in [-0.25, -0.2) is 0 Å². The van der Waals surface area contributed by atoms with Crippen molar-refractivity contribution in [2.75, 3.05) is 13.7 Å². The molecule has 0 N–H and O–H groups in total. The van der Waals surface area contributed by atoms with Crippen molar-refractivity contribution in [1.29, 1.82) is 0 Å². The van der Waals surface area contributed by atoms with E-state index in [1.807, 2.05) is 53.2 Å². The molecule has 23 heavy (non-hydrogen) atoms. The summed E-state index contributed by atoms with van der Waals surface area (Å²) in [6, 6.07) is 13.4. The second-order valence-corrected chi connectivity index (χ2v) is 6.00. The summed E-state index contributed by atoms with van der Waals surface area (Å²) in [4.78, 5) is 11.2. The number of aromatic nitrogens is 1. The van der Waals surface area contributed by atoms with Gasteiger partial charge in [0.2, 0.25) is 0 Å². The Kier molecular flexibility index (Phi) is 4.67. The van der Waals surface area contributed by atoms with Crippen LogP contribution in [-0.2, 0) is 6.54 Å². The molecule has 0 fully saturated rings. The van der Waals surface area contributed by atoms with Crippen molar-refractivity contribution >= 4 is 33.1 Å². The van der Waals surface area contributed by atoms with E-state index in [-0.39, 0.29) is 0 Å². The van der Waals surface area contributed by atoms with E-state index in [2.05, 4.69) is 15.9 Å². The lowest BCUT2D eigenvalue weighted by Gasteiger charge is -2.09. The van der Waals surface area contributed by atoms with Crippen LogP contribution in [0.3, 0.4) is 0 Å². The first-order valence-electron chi connectivity index (χ1n) is 7.21. The number of methoxy groups -OCH3 is 1. The average molecular weight is 374 g/mol. The first-order valence-corrected chi connectivity index (χ1v) is 8.01. The van der Waals surface area contributed by atoms with Crippen molar-refractivity contribution in [2.45, 2.75) is 6.54 Å². The van der Waals surface area contributed by atoms with E-state index in [1.165, 1.54) is 0 Å². The van der Waals surface area contributed by atoms with Crippen LogP contribution >= 0.6 is 15.9 Å². The van der Waals surface area contributed by atoms with Gasteiger partial charge in [0, 0.05) is 27.1 Å². The fraction of sp³-hybridized carbons (Fsp3) is 0.167. The third kappa shape index (κ3) is 3.40. The van der Waals surface area contributed by atoms with Gasteiger partial charge in [-0.3, -0.25) is 4.79 Å². The highest BCUT2D eigenvalue weighted by molar-refractivity contribution is 9.10. The summed E-state index contributed by atoms with van der Waals surface area (Å²) in [5, 5.41) is 0.943. The number of hydrogen-bond acceptors (Lipinski definition) is 3. The number of hydrogen-bond donors (Lipinski definition) is 0. The first-order chi connectivity index (χ1) is 11.2. The SMILES string of the molecule is COc1ccc(OCCn2cc(C=O)c3cc(Br)ccc32)cc1. The van der Waals surface area contributed by atoms with Crippen LogP contribution in [0.25, 0.3) is 10.9 Å². The van der Waals surface area contributed by atoms with Crippen LogP contribution in [0.4, 0.5) is 0 Å². The highest BCUT2D eigenvalue weighted by atomic mass is 79.9. The molecule has 1 aromatic heterocycles. The van der Waals surface area contributed by atoms with Crippen LogP contribution < -0.4 is 9.47 Å². The zero-order chi connectivity index (χ0) is 16.2. The van der Waals surface area contributed by atoms with E-state index in [4.69, 9.17) is 9.47 Å². The molecule has 4 nitrogen and oxygen atoms in total. The van der Waals surface area contributed by atoms with Gasteiger partial charge >= 0.3 is 0 Å². The third-order valence-corrected chi connectivity index (χ3v) is 4.15. The molecule has 2 aromatic carbocycles. The molecule has 0 saturated carbocycles. The normalized spacial score (nSPS) is 10.7. The second kappa shape index (κ2) is 6.87. The highest BCUT2D eigenvalue weighted by Crippen LogP contribution is 2.24. The Morgan fingerprint density at radius 3 is 2.57 bits per heavy atom. The van der Waals surface area contributed by atoms with Crippen LogP contribution in [0.15, 0.2) is 53.1 Å². The van der Waals surface area contributed by atoms with Crippen LogP contribution in [-0.4, -0.2) is 24.6 Å². The van der Waals surface area contributed by atoms with Gasteiger partial charge in [0.25, 0.3) is 0 Å². The summed E-state index contributed by atoms with van der Waals surface area (Å²) in [5.41, 5.74) is 1.71. The standard InChI is InChI=1S/C18H16BrNO3/c1-22-15-3-5-16(6-4-15)23-9-8-20-11-13(12-21)17-10-14(19)2-7-18(17)20/h2-7,10-12H,8-9H2,1H3. The fourth-order valence-corrected chi connectivity index (χ4v) is 2.87. The molecule has 0 radical (unpaired) electrons. The number of ether oxygens (including phenoxy) is 2. The lowest BCUT2D eigenvalue weighted by atomic mass is 10.2. The van der Waals surface area contributed by atoms with Gasteiger partial charge in [-0.2, -0.15) is 0 Å². The molecule has 0 aliphatic rings. The van der Waals surface area contributed by atoms with Crippen LogP contribution in [0, 0.1) is 0 Å². The quantitative estimate of drug-likeness (QED) is 0.604. The molecule has 0 spiro atoms. The van der Waals surface area contributed by atoms with Crippen molar-refractivity contribution in [3.63, 3.8) is 0 Å². The van der Waals surface area contributed by atoms with Gasteiger partial charge in [0.05, 0.1) is 13.7 Å². The van der Waals surface area contributed by atoms with E-state index in [9.17, 15) is 4.79 Å². The molecule has 3 aromatic rings. The summed E-state index contributed by atoms with van der Waals surface area (Å²) < 4.78 is 13.9. The fourth-order valence-electron chi connectivity index (χ4n) is 2.51. The molecule has 1 heterocycles. The Morgan fingerprint density at radius 2 is 1.87 bits per heavy atom. The number of benzene rings is 2. The molecule has 0 atom stereocenters. The number of carbonyl (C=O) groups excluding carboxylic acids is 1. The van der Waals surface area contributed by atoms with Crippen molar-refractivity contribution in [1.82, 2.24) is 4.57 Å². The zero-order valence-electron chi connectivity index (χ0n) is 12.7. The summed E-state index contributed by atoms with van der Waals surface area (Å²) in [5.74, 6) is 1.59. The minimum absolute atomic E-state index is 0.518. The van der Waals surface area contributed by atoms with E-state index in [0.29, 0.717) is 18.7 Å². The number of fused-ring (bicyclic) bond motifs is 1. The average Bonchev–Trinajstić information content (AvgIpc) is 2.92. The molecule has 0 amide bonds. The number of rotatable bonds is 6. The molecule has 0 aliphatic carbocycles. The van der Waals surface area contributed by atoms with Crippen molar-refractivity contribution < 1.29 is 14.3 Å². The van der Waals surface area contributed by atoms with Crippen molar-refractivity contribution in [2.24, 2.45) is 0 Å². The predicted octanol–water partition coefficient (Wildman–Crippen LogP) is 4.30. The highest BCUT2D eigenvalue weighted by Gasteiger charge is 2.08. The topological polar surface area (TPSA) is 40.5 Å². The minimum atomic E-state index is 0.518. The third-order valence-electron chi connectivity index (χ3n) is 3.66. The maximum atomic E-state index is 11.2. The summed E-state index contributed by atoms with van der Waals surface area (Å²) in [6.07, 6.45) is 2.75. The largest absolute Gasteiger partial charge is 0.497 e. The molecular formula is C18H16BrNO3. The Balaban J connectivity index is 1.72. The van der Waals surface area contributed by atoms with Gasteiger partial charge in [-0.1, -0.05) is 15.9 Å². The number of nitrogens with zero attached hydrogens (tertiary/aromatic N) is 1. The lowest BCUT2D eigenvalue weighted by Crippen LogP contribution is -2.07. The number of carbonyl (C=O) groups is 1. The first kappa shape index (κ1) is 15.6. The van der Waals surface area contributed by atoms with E-state index in [1.54, 1.807) is 7.11 Å². The second-order valence-electron chi connectivity index (χ2n) is 5.08. The summed E-state index contributed by atoms with van der Waals surface area (Å²) in [6.45, 7) is 1.18. The molecular weight excluding hydrogens is 358 g/mol. The smallest absolute Gasteiger partial charge is 0.152 e. The van der Waals surface area contributed by atoms with Gasteiger partial charge in [-0.05, 0) is 42.5 Å². The lowest BCUT2D eigenvalue weighted by molar-refractivity contribution is 0.112. The molecule has 0 unspecified atom stereocenters. The van der Waals surface area contributed by atoms with E-state index >= 15 is 0 Å². The Morgan fingerprint density at radius 1 is 1.13 bits per heavy atom. The Labute approximate surface area is 142 Å². The van der Waals surface area contributed by atoms with E-state index in [0.717, 1.165) is 33.2 Å². The van der Waals surface area contributed by atoms with Crippen molar-refractivity contribution in [3.05, 3.63) is 58.7 Å². The summed E-state index contributed by atoms with van der Waals surface area (Å²) >= 11 is 3.44. The zero-order valence-corrected chi connectivity index (χ0v) is 14.2. The maximum absolute atomic E-state index is 11.2. The monoisotopic (exact) mass is 373 g/mol. The van der Waals surface area contributed by atoms with Crippen LogP contribution in [0.2, 0.25) is 0 Å². The molecule has 5 heteroatoms. The van der Waals surface area contributed by atoms with Crippen molar-refractivity contribution in [3.8, 4) is 11.5 Å². The Bertz CT molecular complexity index is 824. The maximum Gasteiger partial charge on any atom is 0.152 e. The predicted molar refractivity (Wildman–Crippen MR) is 93.5 cm³/mol. The van der Waals surface area contributed by atoms with Gasteiger partial charge in [0.15, 0.2) is 6.29 Å². The van der Waals surface area contributed by atoms with Gasteiger partial charge < -0.3 is 14.0 Å².